The molecule has 0 fully saturated rings. The Balaban J connectivity index is 1.81. The number of ketones is 1. The summed E-state index contributed by atoms with van der Waals surface area (Å²) in [4.78, 5) is 14.7. The van der Waals surface area contributed by atoms with Crippen LogP contribution in [0.4, 0.5) is 5.69 Å². The van der Waals surface area contributed by atoms with Crippen LogP contribution in [-0.2, 0) is 6.42 Å². The summed E-state index contributed by atoms with van der Waals surface area (Å²) in [6, 6.07) is 16.0. The van der Waals surface area contributed by atoms with E-state index in [1.165, 1.54) is 11.3 Å². The quantitative estimate of drug-likeness (QED) is 0.805. The predicted molar refractivity (Wildman–Crippen MR) is 84.3 cm³/mol. The number of ether oxygens (including phenoxy) is 1. The summed E-state index contributed by atoms with van der Waals surface area (Å²) in [7, 11) is 1.61. The van der Waals surface area contributed by atoms with Crippen molar-refractivity contribution < 1.29 is 9.53 Å². The van der Waals surface area contributed by atoms with Gasteiger partial charge >= 0.3 is 0 Å². The van der Waals surface area contributed by atoms with E-state index >= 15 is 0 Å². The molecule has 0 N–H and O–H groups in total. The van der Waals surface area contributed by atoms with Crippen LogP contribution in [0.1, 0.15) is 22.8 Å². The maximum Gasteiger partial charge on any atom is 0.182 e. The lowest BCUT2D eigenvalue weighted by Gasteiger charge is -2.24. The average molecular weight is 281 g/mol. The van der Waals surface area contributed by atoms with Crippen LogP contribution in [0.3, 0.4) is 0 Å². The molecule has 0 aromatic heterocycles. The number of nitrogens with zero attached hydrogens (tertiary/aromatic N) is 1. The van der Waals surface area contributed by atoms with E-state index in [0.29, 0.717) is 18.2 Å². The van der Waals surface area contributed by atoms with Crippen LogP contribution < -0.4 is 9.64 Å². The Hall–Kier alpha value is -2.29. The number of carbonyl (C=O) groups excluding carboxylic acids is 1. The van der Waals surface area contributed by atoms with Crippen LogP contribution in [0.5, 0.6) is 5.75 Å². The number of para-hydroxylation sites is 1. The Labute approximate surface area is 125 Å². The number of benzene rings is 2. The van der Waals surface area contributed by atoms with Crippen molar-refractivity contribution >= 4 is 11.5 Å². The molecule has 0 bridgehead atoms. The van der Waals surface area contributed by atoms with E-state index in [4.69, 9.17) is 4.74 Å². The lowest BCUT2D eigenvalue weighted by molar-refractivity contribution is 0.0997. The van der Waals surface area contributed by atoms with Crippen molar-refractivity contribution in [2.75, 3.05) is 18.6 Å². The first kappa shape index (κ1) is 13.7. The van der Waals surface area contributed by atoms with Crippen molar-refractivity contribution in [3.8, 4) is 5.75 Å². The Morgan fingerprint density at radius 1 is 1.24 bits per heavy atom. The number of hydrogen-bond acceptors (Lipinski definition) is 3. The normalized spacial score (nSPS) is 16.7. The standard InChI is InChI=1S/C18H19NO2/c1-13-10-14-6-3-4-9-17(14)19(13)12-18(20)15-7-5-8-16(11-15)21-2/h3-9,11,13H,10,12H2,1-2H3. The molecule has 3 heteroatoms. The number of carbonyl (C=O) groups is 1. The van der Waals surface area contributed by atoms with Gasteiger partial charge in [0.15, 0.2) is 5.78 Å². The SMILES string of the molecule is COc1cccc(C(=O)CN2c3ccccc3CC2C)c1. The summed E-state index contributed by atoms with van der Waals surface area (Å²) in [6.45, 7) is 2.57. The van der Waals surface area contributed by atoms with Gasteiger partial charge in [-0.3, -0.25) is 4.79 Å². The Bertz CT molecular complexity index is 666. The molecule has 0 spiro atoms. The predicted octanol–water partition coefficient (Wildman–Crippen LogP) is 3.33. The van der Waals surface area contributed by atoms with Crippen molar-refractivity contribution in [2.24, 2.45) is 0 Å². The molecule has 1 unspecified atom stereocenters. The summed E-state index contributed by atoms with van der Waals surface area (Å²) in [5, 5.41) is 0. The molecular formula is C18H19NO2. The van der Waals surface area contributed by atoms with E-state index in [9.17, 15) is 4.79 Å². The van der Waals surface area contributed by atoms with E-state index in [1.54, 1.807) is 13.2 Å². The van der Waals surface area contributed by atoms with Crippen LogP contribution in [0, 0.1) is 0 Å². The first-order valence-corrected chi connectivity index (χ1v) is 7.21. The Kier molecular flexibility index (Phi) is 3.65. The molecule has 2 aromatic rings. The molecule has 0 amide bonds. The van der Waals surface area contributed by atoms with E-state index < -0.39 is 0 Å². The fourth-order valence-corrected chi connectivity index (χ4v) is 2.91. The van der Waals surface area contributed by atoms with Gasteiger partial charge in [-0.2, -0.15) is 0 Å². The molecule has 1 heterocycles. The monoisotopic (exact) mass is 281 g/mol. The van der Waals surface area contributed by atoms with Gasteiger partial charge in [-0.05, 0) is 37.1 Å². The molecule has 3 nitrogen and oxygen atoms in total. The number of fused-ring (bicyclic) bond motifs is 1. The first-order valence-electron chi connectivity index (χ1n) is 7.21. The number of hydrogen-bond donors (Lipinski definition) is 0. The van der Waals surface area contributed by atoms with Crippen LogP contribution in [0.25, 0.3) is 0 Å². The lowest BCUT2D eigenvalue weighted by Crippen LogP contribution is -2.34. The molecule has 2 aromatic carbocycles. The van der Waals surface area contributed by atoms with Gasteiger partial charge in [-0.1, -0.05) is 30.3 Å². The number of rotatable bonds is 4. The topological polar surface area (TPSA) is 29.5 Å². The smallest absolute Gasteiger partial charge is 0.182 e. The molecule has 0 aliphatic carbocycles. The first-order chi connectivity index (χ1) is 10.2. The van der Waals surface area contributed by atoms with Gasteiger partial charge in [-0.15, -0.1) is 0 Å². The molecular weight excluding hydrogens is 262 g/mol. The third kappa shape index (κ3) is 2.64. The molecule has 1 aliphatic rings. The zero-order chi connectivity index (χ0) is 14.8. The molecule has 21 heavy (non-hydrogen) atoms. The number of Topliss-reactive ketones (excluding diaryl/α,β-unsaturated/α-hetero) is 1. The average Bonchev–Trinajstić information content (AvgIpc) is 2.83. The Morgan fingerprint density at radius 2 is 2.05 bits per heavy atom. The zero-order valence-electron chi connectivity index (χ0n) is 12.4. The minimum absolute atomic E-state index is 0.123. The molecule has 0 saturated carbocycles. The van der Waals surface area contributed by atoms with Crippen LogP contribution in [0.15, 0.2) is 48.5 Å². The molecule has 1 atom stereocenters. The molecule has 3 rings (SSSR count). The highest BCUT2D eigenvalue weighted by Crippen LogP contribution is 2.31. The van der Waals surface area contributed by atoms with Crippen molar-refractivity contribution in [2.45, 2.75) is 19.4 Å². The fourth-order valence-electron chi connectivity index (χ4n) is 2.91. The largest absolute Gasteiger partial charge is 0.497 e. The fraction of sp³-hybridized carbons (Fsp3) is 0.278. The van der Waals surface area contributed by atoms with Gasteiger partial charge in [0.2, 0.25) is 0 Å². The van der Waals surface area contributed by atoms with Crippen molar-refractivity contribution in [3.63, 3.8) is 0 Å². The van der Waals surface area contributed by atoms with Gasteiger partial charge in [-0.25, -0.2) is 0 Å². The van der Waals surface area contributed by atoms with Gasteiger partial charge in [0.25, 0.3) is 0 Å². The molecule has 0 radical (unpaired) electrons. The zero-order valence-corrected chi connectivity index (χ0v) is 12.4. The van der Waals surface area contributed by atoms with Crippen molar-refractivity contribution in [3.05, 3.63) is 59.7 Å². The van der Waals surface area contributed by atoms with Crippen LogP contribution in [-0.4, -0.2) is 25.5 Å². The van der Waals surface area contributed by atoms with Gasteiger partial charge in [0.1, 0.15) is 5.75 Å². The minimum atomic E-state index is 0.123. The summed E-state index contributed by atoms with van der Waals surface area (Å²) >= 11 is 0. The van der Waals surface area contributed by atoms with Crippen LogP contribution >= 0.6 is 0 Å². The van der Waals surface area contributed by atoms with Gasteiger partial charge in [0.05, 0.1) is 13.7 Å². The molecule has 108 valence electrons. The summed E-state index contributed by atoms with van der Waals surface area (Å²) in [6.07, 6.45) is 1.00. The second-order valence-corrected chi connectivity index (χ2v) is 5.46. The molecule has 1 aliphatic heterocycles. The highest BCUT2D eigenvalue weighted by atomic mass is 16.5. The number of methoxy groups -OCH3 is 1. The third-order valence-corrected chi connectivity index (χ3v) is 4.05. The second kappa shape index (κ2) is 5.60. The minimum Gasteiger partial charge on any atom is -0.497 e. The summed E-state index contributed by atoms with van der Waals surface area (Å²) in [5.41, 5.74) is 3.20. The van der Waals surface area contributed by atoms with Crippen molar-refractivity contribution in [1.29, 1.82) is 0 Å². The lowest BCUT2D eigenvalue weighted by atomic mass is 10.1. The summed E-state index contributed by atoms with van der Waals surface area (Å²) < 4.78 is 5.19. The van der Waals surface area contributed by atoms with Crippen LogP contribution in [0.2, 0.25) is 0 Å². The number of anilines is 1. The van der Waals surface area contributed by atoms with E-state index in [-0.39, 0.29) is 5.78 Å². The Morgan fingerprint density at radius 3 is 2.86 bits per heavy atom. The third-order valence-electron chi connectivity index (χ3n) is 4.05. The maximum atomic E-state index is 12.5. The second-order valence-electron chi connectivity index (χ2n) is 5.46. The van der Waals surface area contributed by atoms with Gasteiger partial charge in [0, 0.05) is 17.3 Å². The van der Waals surface area contributed by atoms with E-state index in [1.807, 2.05) is 24.3 Å². The highest BCUT2D eigenvalue weighted by molar-refractivity contribution is 5.99. The highest BCUT2D eigenvalue weighted by Gasteiger charge is 2.27. The van der Waals surface area contributed by atoms with Crippen molar-refractivity contribution in [1.82, 2.24) is 0 Å². The maximum absolute atomic E-state index is 12.5. The molecule has 0 saturated heterocycles. The van der Waals surface area contributed by atoms with E-state index in [0.717, 1.165) is 12.2 Å². The van der Waals surface area contributed by atoms with E-state index in [2.05, 4.69) is 30.0 Å². The van der Waals surface area contributed by atoms with Gasteiger partial charge < -0.3 is 9.64 Å². The summed E-state index contributed by atoms with van der Waals surface area (Å²) in [5.74, 6) is 0.841.